The van der Waals surface area contributed by atoms with Gasteiger partial charge in [0.2, 0.25) is 0 Å². The summed E-state index contributed by atoms with van der Waals surface area (Å²) < 4.78 is 5.89. The van der Waals surface area contributed by atoms with Crippen LogP contribution in [0, 0.1) is 0 Å². The van der Waals surface area contributed by atoms with Crippen LogP contribution in [0.5, 0.6) is 0 Å². The van der Waals surface area contributed by atoms with Crippen LogP contribution in [0.25, 0.3) is 11.0 Å². The van der Waals surface area contributed by atoms with Gasteiger partial charge in [0.15, 0.2) is 0 Å². The molecule has 0 saturated heterocycles. The van der Waals surface area contributed by atoms with E-state index in [1.807, 2.05) is 25.2 Å². The van der Waals surface area contributed by atoms with Crippen molar-refractivity contribution in [1.82, 2.24) is 5.32 Å². The highest BCUT2D eigenvalue weighted by atomic mass is 16.3. The van der Waals surface area contributed by atoms with Gasteiger partial charge in [0, 0.05) is 5.39 Å². The zero-order valence-corrected chi connectivity index (χ0v) is 10.7. The molecule has 1 atom stereocenters. The van der Waals surface area contributed by atoms with Crippen molar-refractivity contribution < 1.29 is 4.42 Å². The van der Waals surface area contributed by atoms with Gasteiger partial charge < -0.3 is 9.73 Å². The fourth-order valence-electron chi connectivity index (χ4n) is 2.20. The lowest BCUT2D eigenvalue weighted by molar-refractivity contribution is 0.420. The Labute approximate surface area is 103 Å². The summed E-state index contributed by atoms with van der Waals surface area (Å²) in [5.74, 6) is 1.06. The van der Waals surface area contributed by atoms with Gasteiger partial charge in [0.1, 0.15) is 11.3 Å². The van der Waals surface area contributed by atoms with Crippen LogP contribution in [-0.2, 0) is 0 Å². The second-order valence-corrected chi connectivity index (χ2v) is 4.52. The van der Waals surface area contributed by atoms with Crippen LogP contribution < -0.4 is 5.32 Å². The molecule has 92 valence electrons. The lowest BCUT2D eigenvalue weighted by Gasteiger charge is -2.12. The van der Waals surface area contributed by atoms with E-state index in [1.54, 1.807) is 0 Å². The number of para-hydroxylation sites is 1. The van der Waals surface area contributed by atoms with E-state index in [9.17, 15) is 0 Å². The minimum Gasteiger partial charge on any atom is -0.459 e. The van der Waals surface area contributed by atoms with Crippen LogP contribution in [0.2, 0.25) is 0 Å². The Bertz CT molecular complexity index is 428. The molecule has 0 bridgehead atoms. The topological polar surface area (TPSA) is 25.2 Å². The molecular formula is C15H21NO. The number of nitrogens with one attached hydrogen (secondary N) is 1. The Morgan fingerprint density at radius 2 is 2.06 bits per heavy atom. The van der Waals surface area contributed by atoms with Gasteiger partial charge in [-0.05, 0) is 25.6 Å². The Balaban J connectivity index is 2.12. The van der Waals surface area contributed by atoms with Gasteiger partial charge >= 0.3 is 0 Å². The van der Waals surface area contributed by atoms with Crippen LogP contribution in [0.4, 0.5) is 0 Å². The van der Waals surface area contributed by atoms with Crippen LogP contribution in [0.15, 0.2) is 34.7 Å². The predicted molar refractivity (Wildman–Crippen MR) is 72.2 cm³/mol. The average molecular weight is 231 g/mol. The fraction of sp³-hybridized carbons (Fsp3) is 0.467. The monoisotopic (exact) mass is 231 g/mol. The normalized spacial score (nSPS) is 13.1. The molecular weight excluding hydrogens is 210 g/mol. The summed E-state index contributed by atoms with van der Waals surface area (Å²) in [5.41, 5.74) is 0.984. The highest BCUT2D eigenvalue weighted by Crippen LogP contribution is 2.26. The number of unbranched alkanes of at least 4 members (excludes halogenated alkanes) is 2. The van der Waals surface area contributed by atoms with E-state index in [0.29, 0.717) is 6.04 Å². The van der Waals surface area contributed by atoms with E-state index in [0.717, 1.165) is 17.8 Å². The van der Waals surface area contributed by atoms with Gasteiger partial charge in [-0.1, -0.05) is 44.4 Å². The predicted octanol–water partition coefficient (Wildman–Crippen LogP) is 4.27. The summed E-state index contributed by atoms with van der Waals surface area (Å²) in [6.07, 6.45) is 4.94. The van der Waals surface area contributed by atoms with E-state index >= 15 is 0 Å². The zero-order chi connectivity index (χ0) is 12.1. The molecule has 1 aromatic heterocycles. The highest BCUT2D eigenvalue weighted by Gasteiger charge is 2.13. The van der Waals surface area contributed by atoms with Crippen molar-refractivity contribution in [1.29, 1.82) is 0 Å². The molecule has 0 spiro atoms. The van der Waals surface area contributed by atoms with E-state index in [2.05, 4.69) is 24.4 Å². The van der Waals surface area contributed by atoms with Crippen molar-refractivity contribution in [2.45, 2.75) is 38.6 Å². The molecule has 0 aliphatic rings. The Morgan fingerprint density at radius 1 is 1.24 bits per heavy atom. The number of benzene rings is 1. The molecule has 0 saturated carbocycles. The Hall–Kier alpha value is -1.28. The van der Waals surface area contributed by atoms with Crippen molar-refractivity contribution in [2.75, 3.05) is 7.05 Å². The molecule has 1 aromatic carbocycles. The molecule has 1 heterocycles. The second-order valence-electron chi connectivity index (χ2n) is 4.52. The number of hydrogen-bond donors (Lipinski definition) is 1. The number of hydrogen-bond acceptors (Lipinski definition) is 2. The van der Waals surface area contributed by atoms with Gasteiger partial charge in [-0.2, -0.15) is 0 Å². The number of rotatable bonds is 6. The molecule has 17 heavy (non-hydrogen) atoms. The molecule has 1 N–H and O–H groups in total. The lowest BCUT2D eigenvalue weighted by atomic mass is 10.1. The quantitative estimate of drug-likeness (QED) is 0.751. The summed E-state index contributed by atoms with van der Waals surface area (Å²) in [4.78, 5) is 0. The van der Waals surface area contributed by atoms with Crippen molar-refractivity contribution in [3.8, 4) is 0 Å². The van der Waals surface area contributed by atoms with Gasteiger partial charge in [0.25, 0.3) is 0 Å². The van der Waals surface area contributed by atoms with Crippen molar-refractivity contribution in [3.63, 3.8) is 0 Å². The summed E-state index contributed by atoms with van der Waals surface area (Å²) in [7, 11) is 2.00. The maximum atomic E-state index is 5.89. The molecule has 2 aromatic rings. The minimum absolute atomic E-state index is 0.342. The minimum atomic E-state index is 0.342. The summed E-state index contributed by atoms with van der Waals surface area (Å²) in [6, 6.07) is 10.7. The van der Waals surface area contributed by atoms with Crippen molar-refractivity contribution in [3.05, 3.63) is 36.1 Å². The van der Waals surface area contributed by atoms with E-state index in [4.69, 9.17) is 4.42 Å². The van der Waals surface area contributed by atoms with Crippen LogP contribution in [-0.4, -0.2) is 7.05 Å². The second kappa shape index (κ2) is 5.87. The van der Waals surface area contributed by atoms with E-state index in [-0.39, 0.29) is 0 Å². The molecule has 1 unspecified atom stereocenters. The first kappa shape index (κ1) is 12.2. The van der Waals surface area contributed by atoms with E-state index in [1.165, 1.54) is 24.6 Å². The fourth-order valence-corrected chi connectivity index (χ4v) is 2.20. The molecule has 2 nitrogen and oxygen atoms in total. The Morgan fingerprint density at radius 3 is 2.76 bits per heavy atom. The average Bonchev–Trinajstić information content (AvgIpc) is 2.78. The molecule has 0 fully saturated rings. The molecule has 0 aliphatic heterocycles. The summed E-state index contributed by atoms with van der Waals surface area (Å²) in [5, 5.41) is 4.54. The van der Waals surface area contributed by atoms with Crippen LogP contribution in [0.3, 0.4) is 0 Å². The van der Waals surface area contributed by atoms with Crippen LogP contribution >= 0.6 is 0 Å². The first-order valence-corrected chi connectivity index (χ1v) is 6.51. The zero-order valence-electron chi connectivity index (χ0n) is 10.7. The van der Waals surface area contributed by atoms with E-state index < -0.39 is 0 Å². The first-order valence-electron chi connectivity index (χ1n) is 6.51. The van der Waals surface area contributed by atoms with Crippen molar-refractivity contribution >= 4 is 11.0 Å². The third kappa shape index (κ3) is 2.89. The Kier molecular flexibility index (Phi) is 4.21. The largest absolute Gasteiger partial charge is 0.459 e. The maximum absolute atomic E-state index is 5.89. The van der Waals surface area contributed by atoms with Crippen molar-refractivity contribution in [2.24, 2.45) is 0 Å². The first-order chi connectivity index (χ1) is 8.35. The summed E-state index contributed by atoms with van der Waals surface area (Å²) >= 11 is 0. The van der Waals surface area contributed by atoms with Gasteiger partial charge in [-0.15, -0.1) is 0 Å². The lowest BCUT2D eigenvalue weighted by Crippen LogP contribution is -2.15. The van der Waals surface area contributed by atoms with Gasteiger partial charge in [-0.25, -0.2) is 0 Å². The molecule has 2 heteroatoms. The maximum Gasteiger partial charge on any atom is 0.134 e. The third-order valence-electron chi connectivity index (χ3n) is 3.23. The summed E-state index contributed by atoms with van der Waals surface area (Å²) in [6.45, 7) is 2.23. The number of fused-ring (bicyclic) bond motifs is 1. The smallest absolute Gasteiger partial charge is 0.134 e. The molecule has 0 aliphatic carbocycles. The third-order valence-corrected chi connectivity index (χ3v) is 3.23. The SMILES string of the molecule is CCCCCC(NC)c1cc2ccccc2o1. The molecule has 2 rings (SSSR count). The van der Waals surface area contributed by atoms with Gasteiger partial charge in [0.05, 0.1) is 6.04 Å². The molecule has 0 radical (unpaired) electrons. The van der Waals surface area contributed by atoms with Gasteiger partial charge in [-0.3, -0.25) is 0 Å². The highest BCUT2D eigenvalue weighted by molar-refractivity contribution is 5.77. The standard InChI is InChI=1S/C15H21NO/c1-3-4-5-9-13(16-2)15-11-12-8-6-7-10-14(12)17-15/h6-8,10-11,13,16H,3-5,9H2,1-2H3. The molecule has 0 amide bonds. The van der Waals surface area contributed by atoms with Crippen LogP contribution in [0.1, 0.15) is 44.4 Å². The number of furan rings is 1.